The molecule has 2 N–H and O–H groups in total. The zero-order valence-corrected chi connectivity index (χ0v) is 12.3. The monoisotopic (exact) mass is 295 g/mol. The van der Waals surface area contributed by atoms with Crippen molar-refractivity contribution in [1.29, 1.82) is 5.26 Å². The Labute approximate surface area is 127 Å². The Kier molecular flexibility index (Phi) is 2.91. The molecular weight excluding hydrogens is 278 g/mol. The number of aromatic amines is 1. The second-order valence-corrected chi connectivity index (χ2v) is 5.98. The molecule has 0 spiro atoms. The van der Waals surface area contributed by atoms with Gasteiger partial charge in [0.1, 0.15) is 23.1 Å². The topological polar surface area (TPSA) is 90.5 Å². The quantitative estimate of drug-likeness (QED) is 0.760. The maximum atomic E-state index is 10.2. The van der Waals surface area contributed by atoms with Crippen LogP contribution in [0.1, 0.15) is 44.2 Å². The Morgan fingerprint density at radius 1 is 1.50 bits per heavy atom. The van der Waals surface area contributed by atoms with Gasteiger partial charge in [0.25, 0.3) is 0 Å². The zero-order valence-electron chi connectivity index (χ0n) is 12.3. The second kappa shape index (κ2) is 4.82. The molecule has 0 saturated heterocycles. The Bertz CT molecular complexity index is 885. The van der Waals surface area contributed by atoms with E-state index in [4.69, 9.17) is 0 Å². The van der Waals surface area contributed by atoms with E-state index in [0.717, 1.165) is 41.3 Å². The van der Waals surface area contributed by atoms with Crippen LogP contribution >= 0.6 is 0 Å². The molecule has 0 bridgehead atoms. The van der Waals surface area contributed by atoms with Gasteiger partial charge in [-0.2, -0.15) is 5.26 Å². The largest absolute Gasteiger partial charge is 0.385 e. The summed E-state index contributed by atoms with van der Waals surface area (Å²) >= 11 is 0. The molecule has 22 heavy (non-hydrogen) atoms. The summed E-state index contributed by atoms with van der Waals surface area (Å²) in [4.78, 5) is 12.1. The van der Waals surface area contributed by atoms with Crippen molar-refractivity contribution in [2.24, 2.45) is 5.92 Å². The van der Waals surface area contributed by atoms with Crippen molar-refractivity contribution in [2.75, 3.05) is 0 Å². The molecule has 1 fully saturated rings. The highest BCUT2D eigenvalue weighted by Gasteiger charge is 2.33. The van der Waals surface area contributed by atoms with Crippen LogP contribution in [0.25, 0.3) is 22.1 Å². The number of nitrogens with one attached hydrogen (secondary N) is 1. The molecule has 112 valence electrons. The van der Waals surface area contributed by atoms with Crippen LogP contribution in [0.5, 0.6) is 0 Å². The van der Waals surface area contributed by atoms with Crippen LogP contribution in [-0.4, -0.2) is 24.6 Å². The van der Waals surface area contributed by atoms with Crippen LogP contribution < -0.4 is 0 Å². The standard InChI is InChI=1S/C16H17N5O/c1-9(22)16-20-12-8-19-15-11(5-6-18-15)14(12)21(16)13-4-2-3-10(13)7-17/h5-6,8-10,13,22H,2-4H2,1H3,(H,18,19)/t9-,10?,13?/m1/s1. The molecule has 3 aromatic heterocycles. The first kappa shape index (κ1) is 13.3. The lowest BCUT2D eigenvalue weighted by molar-refractivity contribution is 0.180. The van der Waals surface area contributed by atoms with Gasteiger partial charge < -0.3 is 14.7 Å². The summed E-state index contributed by atoms with van der Waals surface area (Å²) in [5, 5.41) is 20.6. The first-order chi connectivity index (χ1) is 10.7. The van der Waals surface area contributed by atoms with Gasteiger partial charge in [0.05, 0.1) is 29.7 Å². The number of aromatic nitrogens is 4. The summed E-state index contributed by atoms with van der Waals surface area (Å²) in [7, 11) is 0. The summed E-state index contributed by atoms with van der Waals surface area (Å²) in [6.07, 6.45) is 5.78. The summed E-state index contributed by atoms with van der Waals surface area (Å²) in [6.45, 7) is 1.72. The van der Waals surface area contributed by atoms with Gasteiger partial charge in [0.2, 0.25) is 0 Å². The van der Waals surface area contributed by atoms with Gasteiger partial charge in [-0.25, -0.2) is 9.97 Å². The predicted octanol–water partition coefficient (Wildman–Crippen LogP) is 2.83. The van der Waals surface area contributed by atoms with E-state index in [2.05, 4.69) is 25.6 Å². The average molecular weight is 295 g/mol. The molecule has 2 unspecified atom stereocenters. The SMILES string of the molecule is C[C@@H](O)c1nc2cnc3[nH]ccc3c2n1C1CCCC1C#N. The van der Waals surface area contributed by atoms with E-state index in [1.165, 1.54) is 0 Å². The Balaban J connectivity index is 2.07. The molecule has 6 nitrogen and oxygen atoms in total. The Hall–Kier alpha value is -2.39. The lowest BCUT2D eigenvalue weighted by atomic mass is 10.0. The minimum Gasteiger partial charge on any atom is -0.385 e. The number of hydrogen-bond donors (Lipinski definition) is 2. The molecule has 0 amide bonds. The van der Waals surface area contributed by atoms with Crippen LogP contribution in [0.3, 0.4) is 0 Å². The summed E-state index contributed by atoms with van der Waals surface area (Å²) in [6, 6.07) is 4.47. The fourth-order valence-corrected chi connectivity index (χ4v) is 3.64. The Morgan fingerprint density at radius 3 is 3.14 bits per heavy atom. The molecule has 6 heteroatoms. The third-order valence-electron chi connectivity index (χ3n) is 4.61. The van der Waals surface area contributed by atoms with Crippen LogP contribution in [0.2, 0.25) is 0 Å². The number of hydrogen-bond acceptors (Lipinski definition) is 4. The normalized spacial score (nSPS) is 23.1. The van der Waals surface area contributed by atoms with Crippen molar-refractivity contribution in [3.63, 3.8) is 0 Å². The summed E-state index contributed by atoms with van der Waals surface area (Å²) in [5.74, 6) is 0.592. The molecule has 0 radical (unpaired) electrons. The third-order valence-corrected chi connectivity index (χ3v) is 4.61. The van der Waals surface area contributed by atoms with E-state index in [9.17, 15) is 10.4 Å². The van der Waals surface area contributed by atoms with E-state index in [1.807, 2.05) is 12.3 Å². The molecule has 4 rings (SSSR count). The predicted molar refractivity (Wildman–Crippen MR) is 82.0 cm³/mol. The van der Waals surface area contributed by atoms with Gasteiger partial charge in [-0.15, -0.1) is 0 Å². The highest BCUT2D eigenvalue weighted by atomic mass is 16.3. The summed E-state index contributed by atoms with van der Waals surface area (Å²) in [5.41, 5.74) is 2.54. The molecule has 1 aliphatic rings. The number of aliphatic hydroxyl groups is 1. The molecule has 3 atom stereocenters. The lowest BCUT2D eigenvalue weighted by Crippen LogP contribution is -2.17. The first-order valence-corrected chi connectivity index (χ1v) is 7.62. The number of nitrogens with zero attached hydrogens (tertiary/aromatic N) is 4. The fourth-order valence-electron chi connectivity index (χ4n) is 3.64. The molecule has 1 saturated carbocycles. The van der Waals surface area contributed by atoms with Gasteiger partial charge >= 0.3 is 0 Å². The third kappa shape index (κ3) is 1.76. The highest BCUT2D eigenvalue weighted by molar-refractivity contribution is 6.01. The maximum absolute atomic E-state index is 10.2. The molecular formula is C16H17N5O. The van der Waals surface area contributed by atoms with E-state index < -0.39 is 6.10 Å². The first-order valence-electron chi connectivity index (χ1n) is 7.62. The minimum absolute atomic E-state index is 0.0305. The number of fused-ring (bicyclic) bond motifs is 3. The molecule has 1 aliphatic carbocycles. The van der Waals surface area contributed by atoms with Gasteiger partial charge in [0, 0.05) is 11.6 Å². The average Bonchev–Trinajstić information content (AvgIpc) is 3.22. The number of pyridine rings is 1. The van der Waals surface area contributed by atoms with Crippen molar-refractivity contribution in [2.45, 2.75) is 38.3 Å². The van der Waals surface area contributed by atoms with E-state index in [1.54, 1.807) is 13.1 Å². The smallest absolute Gasteiger partial charge is 0.139 e. The highest BCUT2D eigenvalue weighted by Crippen LogP contribution is 2.40. The van der Waals surface area contributed by atoms with Crippen molar-refractivity contribution >= 4 is 22.1 Å². The van der Waals surface area contributed by atoms with Gasteiger partial charge in [-0.3, -0.25) is 0 Å². The zero-order chi connectivity index (χ0) is 15.3. The van der Waals surface area contributed by atoms with Gasteiger partial charge in [-0.1, -0.05) is 0 Å². The van der Waals surface area contributed by atoms with E-state index in [-0.39, 0.29) is 12.0 Å². The van der Waals surface area contributed by atoms with Crippen LogP contribution in [0.15, 0.2) is 18.5 Å². The lowest BCUT2D eigenvalue weighted by Gasteiger charge is -2.20. The van der Waals surface area contributed by atoms with Crippen molar-refractivity contribution < 1.29 is 5.11 Å². The Morgan fingerprint density at radius 2 is 2.36 bits per heavy atom. The fraction of sp³-hybridized carbons (Fsp3) is 0.438. The van der Waals surface area contributed by atoms with Crippen molar-refractivity contribution in [3.05, 3.63) is 24.3 Å². The van der Waals surface area contributed by atoms with Crippen molar-refractivity contribution in [3.8, 4) is 6.07 Å². The van der Waals surface area contributed by atoms with Crippen molar-refractivity contribution in [1.82, 2.24) is 19.5 Å². The number of nitriles is 1. The minimum atomic E-state index is -0.679. The molecule has 3 aromatic rings. The second-order valence-electron chi connectivity index (χ2n) is 5.98. The molecule has 0 aliphatic heterocycles. The number of H-pyrrole nitrogens is 1. The van der Waals surface area contributed by atoms with Crippen LogP contribution in [-0.2, 0) is 0 Å². The van der Waals surface area contributed by atoms with Gasteiger partial charge in [-0.05, 0) is 32.3 Å². The number of aliphatic hydroxyl groups excluding tert-OH is 1. The van der Waals surface area contributed by atoms with E-state index >= 15 is 0 Å². The van der Waals surface area contributed by atoms with Crippen LogP contribution in [0.4, 0.5) is 0 Å². The maximum Gasteiger partial charge on any atom is 0.139 e. The van der Waals surface area contributed by atoms with Crippen LogP contribution in [0, 0.1) is 17.2 Å². The number of rotatable bonds is 2. The summed E-state index contributed by atoms with van der Waals surface area (Å²) < 4.78 is 2.08. The number of imidazole rings is 1. The van der Waals surface area contributed by atoms with E-state index in [0.29, 0.717) is 5.82 Å². The molecule has 3 heterocycles. The molecule has 0 aromatic carbocycles. The van der Waals surface area contributed by atoms with Gasteiger partial charge in [0.15, 0.2) is 0 Å².